The van der Waals surface area contributed by atoms with Crippen LogP contribution in [-0.4, -0.2) is 38.3 Å². The Labute approximate surface area is 286 Å². The van der Waals surface area contributed by atoms with Crippen LogP contribution in [0.25, 0.3) is 21.2 Å². The maximum absolute atomic E-state index is 13.8. The number of anilines is 1. The van der Waals surface area contributed by atoms with Gasteiger partial charge in [-0.25, -0.2) is 15.2 Å². The number of rotatable bonds is 12. The van der Waals surface area contributed by atoms with Crippen LogP contribution in [0, 0.1) is 10.1 Å². The van der Waals surface area contributed by atoms with Gasteiger partial charge < -0.3 is 9.52 Å². The van der Waals surface area contributed by atoms with Crippen molar-refractivity contribution in [1.29, 1.82) is 0 Å². The molecule has 0 saturated heterocycles. The fourth-order valence-corrected chi connectivity index (χ4v) is 6.20. The molecule has 6 aromatic rings. The predicted octanol–water partition coefficient (Wildman–Crippen LogP) is 4.60. The second kappa shape index (κ2) is 14.7. The van der Waals surface area contributed by atoms with Gasteiger partial charge >= 0.3 is 11.5 Å². The van der Waals surface area contributed by atoms with E-state index in [0.29, 0.717) is 15.8 Å². The minimum Gasteiger partial charge on any atom is -0.507 e. The standard InChI is InChI=1S/C35H26N6O8S/c42-23(18-25(21-9-3-1-4-10-21)31-32(44)24-11-5-6-12-28(24)49-34(31)46)19-27(38-39-30(43)20-40-15-7-2-8-16-40)33(45)37-35-36-26-14-13-22(41(47)48)17-29(26)50-35/h1-17,25H,18-20H2,(H2-,36,37,39,43,44,45,46)/p+1. The fraction of sp³-hybridized carbons (Fsp3) is 0.114. The van der Waals surface area contributed by atoms with Gasteiger partial charge in [0.25, 0.3) is 11.6 Å². The van der Waals surface area contributed by atoms with Gasteiger partial charge in [-0.2, -0.15) is 9.67 Å². The molecular formula is C35H27N6O8S+. The highest BCUT2D eigenvalue weighted by molar-refractivity contribution is 7.22. The highest BCUT2D eigenvalue weighted by Gasteiger charge is 2.29. The number of pyridine rings is 1. The summed E-state index contributed by atoms with van der Waals surface area (Å²) in [6.45, 7) is -0.128. The van der Waals surface area contributed by atoms with Crippen molar-refractivity contribution in [2.75, 3.05) is 5.32 Å². The van der Waals surface area contributed by atoms with E-state index in [9.17, 15) is 34.4 Å². The van der Waals surface area contributed by atoms with E-state index < -0.39 is 40.5 Å². The second-order valence-electron chi connectivity index (χ2n) is 11.1. The number of ketones is 1. The topological polar surface area (TPSA) is 198 Å². The van der Waals surface area contributed by atoms with E-state index in [-0.39, 0.29) is 51.8 Å². The Bertz CT molecular complexity index is 2340. The van der Waals surface area contributed by atoms with Crippen molar-refractivity contribution in [3.05, 3.63) is 135 Å². The number of benzene rings is 3. The molecule has 0 saturated carbocycles. The Hall–Kier alpha value is -6.61. The number of hydrogen-bond donors (Lipinski definition) is 3. The number of hydrogen-bond acceptors (Lipinski definition) is 11. The number of thiazole rings is 1. The molecule has 3 N–H and O–H groups in total. The summed E-state index contributed by atoms with van der Waals surface area (Å²) in [5, 5.41) is 29.4. The van der Waals surface area contributed by atoms with E-state index in [2.05, 4.69) is 20.8 Å². The molecule has 0 aliphatic carbocycles. The molecule has 3 aromatic heterocycles. The van der Waals surface area contributed by atoms with Gasteiger partial charge in [0.15, 0.2) is 17.5 Å². The average Bonchev–Trinajstić information content (AvgIpc) is 3.52. The van der Waals surface area contributed by atoms with Gasteiger partial charge in [0.1, 0.15) is 22.8 Å². The molecule has 0 radical (unpaired) electrons. The van der Waals surface area contributed by atoms with Crippen LogP contribution in [0.4, 0.5) is 10.8 Å². The summed E-state index contributed by atoms with van der Waals surface area (Å²) in [6.07, 6.45) is 2.41. The molecule has 50 heavy (non-hydrogen) atoms. The van der Waals surface area contributed by atoms with Crippen molar-refractivity contribution in [3.8, 4) is 5.75 Å². The number of nitrogens with zero attached hydrogens (tertiary/aromatic N) is 4. The number of nitrogens with one attached hydrogen (secondary N) is 2. The molecule has 1 atom stereocenters. The third-order valence-corrected chi connectivity index (χ3v) is 8.58. The number of nitro benzene ring substituents is 1. The van der Waals surface area contributed by atoms with Crippen LogP contribution >= 0.6 is 11.3 Å². The first-order chi connectivity index (χ1) is 24.2. The summed E-state index contributed by atoms with van der Waals surface area (Å²) >= 11 is 0.978. The maximum atomic E-state index is 13.8. The number of aromatic hydroxyl groups is 1. The summed E-state index contributed by atoms with van der Waals surface area (Å²) < 4.78 is 7.52. The SMILES string of the molecule is O=C(C/C(=N\NC(=O)C[n+]1ccccc1)C(=O)Nc1nc2ccc([N+](=O)[O-])cc2s1)CC(c1ccccc1)c1c(O)c2ccccc2oc1=O. The molecule has 0 fully saturated rings. The van der Waals surface area contributed by atoms with Gasteiger partial charge in [0.2, 0.25) is 6.54 Å². The largest absolute Gasteiger partial charge is 0.507 e. The smallest absolute Gasteiger partial charge is 0.343 e. The van der Waals surface area contributed by atoms with E-state index >= 15 is 0 Å². The first-order valence-corrected chi connectivity index (χ1v) is 15.9. The zero-order chi connectivity index (χ0) is 35.2. The number of para-hydroxylation sites is 1. The first-order valence-electron chi connectivity index (χ1n) is 15.1. The van der Waals surface area contributed by atoms with Crippen LogP contribution in [0.1, 0.15) is 29.9 Å². The number of carbonyl (C=O) groups excluding carboxylic acids is 3. The van der Waals surface area contributed by atoms with Gasteiger partial charge in [-0.15, -0.1) is 0 Å². The normalized spacial score (nSPS) is 12.0. The lowest BCUT2D eigenvalue weighted by Crippen LogP contribution is -2.41. The van der Waals surface area contributed by atoms with Crippen molar-refractivity contribution in [3.63, 3.8) is 0 Å². The third-order valence-electron chi connectivity index (χ3n) is 7.65. The molecule has 3 heterocycles. The zero-order valence-electron chi connectivity index (χ0n) is 26.0. The molecule has 14 nitrogen and oxygen atoms in total. The highest BCUT2D eigenvalue weighted by atomic mass is 32.1. The molecular weight excluding hydrogens is 664 g/mol. The molecule has 15 heteroatoms. The lowest BCUT2D eigenvalue weighted by molar-refractivity contribution is -0.684. The monoisotopic (exact) mass is 691 g/mol. The van der Waals surface area contributed by atoms with Crippen LogP contribution in [0.2, 0.25) is 0 Å². The number of nitro groups is 1. The fourth-order valence-electron chi connectivity index (χ4n) is 5.30. The molecule has 0 aliphatic heterocycles. The van der Waals surface area contributed by atoms with Crippen LogP contribution < -0.4 is 20.9 Å². The number of hydrazone groups is 1. The lowest BCUT2D eigenvalue weighted by atomic mass is 9.86. The van der Waals surface area contributed by atoms with Crippen molar-refractivity contribution in [2.45, 2.75) is 25.3 Å². The Morgan fingerprint density at radius 2 is 1.72 bits per heavy atom. The van der Waals surface area contributed by atoms with E-state index in [1.54, 1.807) is 89.8 Å². The summed E-state index contributed by atoms with van der Waals surface area (Å²) in [7, 11) is 0. The highest BCUT2D eigenvalue weighted by Crippen LogP contribution is 2.36. The molecule has 2 amide bonds. The van der Waals surface area contributed by atoms with Crippen molar-refractivity contribution in [2.24, 2.45) is 5.10 Å². The molecule has 1 unspecified atom stereocenters. The van der Waals surface area contributed by atoms with Crippen LogP contribution in [0.3, 0.4) is 0 Å². The van der Waals surface area contributed by atoms with Gasteiger partial charge in [0, 0.05) is 36.6 Å². The Morgan fingerprint density at radius 3 is 2.48 bits per heavy atom. The number of aromatic nitrogens is 2. The van der Waals surface area contributed by atoms with Gasteiger partial charge in [-0.1, -0.05) is 59.9 Å². The van der Waals surface area contributed by atoms with Gasteiger partial charge in [-0.3, -0.25) is 29.8 Å². The summed E-state index contributed by atoms with van der Waals surface area (Å²) in [4.78, 5) is 68.2. The van der Waals surface area contributed by atoms with Crippen LogP contribution in [-0.2, 0) is 20.9 Å². The minimum atomic E-state index is -0.960. The molecule has 6 rings (SSSR count). The molecule has 3 aromatic carbocycles. The van der Waals surface area contributed by atoms with Crippen molar-refractivity contribution >= 4 is 66.7 Å². The Kier molecular flexibility index (Phi) is 9.76. The van der Waals surface area contributed by atoms with Crippen LogP contribution in [0.15, 0.2) is 118 Å². The summed E-state index contributed by atoms with van der Waals surface area (Å²) in [6, 6.07) is 24.4. The third kappa shape index (κ3) is 7.58. The minimum absolute atomic E-state index is 0.0812. The number of non-ortho nitro benzene ring substituents is 1. The number of fused-ring (bicyclic) bond motifs is 2. The molecule has 250 valence electrons. The van der Waals surface area contributed by atoms with Crippen molar-refractivity contribution in [1.82, 2.24) is 10.4 Å². The summed E-state index contributed by atoms with van der Waals surface area (Å²) in [5.41, 5.74) is 1.98. The lowest BCUT2D eigenvalue weighted by Gasteiger charge is -2.18. The van der Waals surface area contributed by atoms with Crippen molar-refractivity contribution < 1.29 is 33.4 Å². The van der Waals surface area contributed by atoms with Crippen LogP contribution in [0.5, 0.6) is 5.75 Å². The second-order valence-corrected chi connectivity index (χ2v) is 12.1. The zero-order valence-corrected chi connectivity index (χ0v) is 26.8. The molecule has 0 spiro atoms. The maximum Gasteiger partial charge on any atom is 0.343 e. The molecule has 0 bridgehead atoms. The number of carbonyl (C=O) groups is 3. The van der Waals surface area contributed by atoms with Gasteiger partial charge in [-0.05, 0) is 23.8 Å². The average molecular weight is 692 g/mol. The number of Topliss-reactive ketones (excluding diaryl/α,β-unsaturated/α-hetero) is 1. The van der Waals surface area contributed by atoms with E-state index in [0.717, 1.165) is 11.3 Å². The first kappa shape index (κ1) is 33.3. The molecule has 0 aliphatic rings. The predicted molar refractivity (Wildman–Crippen MR) is 184 cm³/mol. The van der Waals surface area contributed by atoms with Gasteiger partial charge in [0.05, 0.1) is 32.5 Å². The Morgan fingerprint density at radius 1 is 1.00 bits per heavy atom. The van der Waals surface area contributed by atoms with E-state index in [1.807, 2.05) is 0 Å². The summed E-state index contributed by atoms with van der Waals surface area (Å²) in [5.74, 6) is -3.27. The number of amides is 2. The quantitative estimate of drug-likeness (QED) is 0.0540. The van der Waals surface area contributed by atoms with E-state index in [4.69, 9.17) is 4.42 Å². The Balaban J connectivity index is 1.29. The van der Waals surface area contributed by atoms with E-state index in [1.165, 1.54) is 18.2 Å².